The Balaban J connectivity index is 1.66. The first-order chi connectivity index (χ1) is 15.5. The molecule has 1 aliphatic rings. The van der Waals surface area contributed by atoms with E-state index in [1.807, 2.05) is 53.7 Å². The Bertz CT molecular complexity index is 968. The van der Waals surface area contributed by atoms with Gasteiger partial charge in [-0.1, -0.05) is 34.6 Å². The number of carbonyl (C=O) groups excluding carboxylic acids is 2. The third-order valence-electron chi connectivity index (χ3n) is 5.61. The van der Waals surface area contributed by atoms with E-state index in [2.05, 4.69) is 15.8 Å². The van der Waals surface area contributed by atoms with E-state index in [1.165, 1.54) is 4.90 Å². The van der Waals surface area contributed by atoms with Crippen molar-refractivity contribution >= 4 is 23.2 Å². The second-order valence-electron chi connectivity index (χ2n) is 9.88. The van der Waals surface area contributed by atoms with Gasteiger partial charge in [0.05, 0.1) is 28.2 Å². The Morgan fingerprint density at radius 1 is 1.24 bits per heavy atom. The molecule has 3 N–H and O–H groups in total. The third kappa shape index (κ3) is 6.10. The van der Waals surface area contributed by atoms with Gasteiger partial charge in [0.25, 0.3) is 5.91 Å². The van der Waals surface area contributed by atoms with Crippen molar-refractivity contribution in [3.05, 3.63) is 35.5 Å². The number of carbonyl (C=O) groups is 2. The first kappa shape index (κ1) is 25.1. The number of aliphatic hydroxyl groups is 1. The fourth-order valence-corrected chi connectivity index (χ4v) is 4.74. The van der Waals surface area contributed by atoms with E-state index < -0.39 is 24.1 Å². The second-order valence-corrected chi connectivity index (χ2v) is 10.7. The number of benzene rings is 1. The van der Waals surface area contributed by atoms with Gasteiger partial charge in [0, 0.05) is 19.0 Å². The van der Waals surface area contributed by atoms with Gasteiger partial charge in [-0.3, -0.25) is 9.59 Å². The fraction of sp³-hybridized carbons (Fsp3) is 0.542. The molecule has 33 heavy (non-hydrogen) atoms. The number of amides is 2. The van der Waals surface area contributed by atoms with E-state index in [4.69, 9.17) is 4.84 Å². The lowest BCUT2D eigenvalue weighted by Crippen LogP contribution is -2.58. The molecule has 9 heteroatoms. The highest BCUT2D eigenvalue weighted by molar-refractivity contribution is 7.13. The zero-order chi connectivity index (χ0) is 24.3. The zero-order valence-corrected chi connectivity index (χ0v) is 20.9. The maximum absolute atomic E-state index is 13.4. The summed E-state index contributed by atoms with van der Waals surface area (Å²) >= 11 is 1.57. The molecular weight excluding hydrogens is 440 g/mol. The first-order valence-electron chi connectivity index (χ1n) is 11.2. The van der Waals surface area contributed by atoms with Crippen LogP contribution < -0.4 is 15.6 Å². The number of likely N-dealkylation sites (tertiary alicyclic amines) is 1. The molecule has 1 aromatic carbocycles. The number of nitrogens with one attached hydrogen (secondary N) is 2. The minimum atomic E-state index is -0.801. The average molecular weight is 475 g/mol. The minimum absolute atomic E-state index is 0.0954. The van der Waals surface area contributed by atoms with Gasteiger partial charge in [-0.05, 0) is 42.2 Å². The van der Waals surface area contributed by atoms with Crippen LogP contribution in [0, 0.1) is 12.3 Å². The lowest BCUT2D eigenvalue weighted by Gasteiger charge is -2.36. The van der Waals surface area contributed by atoms with Crippen LogP contribution in [0.2, 0.25) is 0 Å². The maximum Gasteiger partial charge on any atom is 0.275 e. The van der Waals surface area contributed by atoms with Crippen molar-refractivity contribution in [1.82, 2.24) is 20.7 Å². The van der Waals surface area contributed by atoms with E-state index in [1.54, 1.807) is 29.0 Å². The number of nitrogens with zero attached hydrogens (tertiary/aromatic N) is 2. The van der Waals surface area contributed by atoms with Crippen LogP contribution in [0.3, 0.4) is 0 Å². The highest BCUT2D eigenvalue weighted by Crippen LogP contribution is 2.29. The van der Waals surface area contributed by atoms with Crippen LogP contribution in [0.1, 0.15) is 46.7 Å². The summed E-state index contributed by atoms with van der Waals surface area (Å²) in [5, 5.41) is 13.5. The van der Waals surface area contributed by atoms with Gasteiger partial charge in [0.2, 0.25) is 5.91 Å². The molecule has 3 atom stereocenters. The van der Waals surface area contributed by atoms with Gasteiger partial charge >= 0.3 is 0 Å². The maximum atomic E-state index is 13.4. The Morgan fingerprint density at radius 2 is 1.91 bits per heavy atom. The van der Waals surface area contributed by atoms with E-state index in [-0.39, 0.29) is 30.3 Å². The van der Waals surface area contributed by atoms with Crippen molar-refractivity contribution in [3.8, 4) is 16.2 Å². The molecule has 0 bridgehead atoms. The number of hydrogen-bond donors (Lipinski definition) is 3. The predicted molar refractivity (Wildman–Crippen MR) is 129 cm³/mol. The molecule has 0 saturated carbocycles. The van der Waals surface area contributed by atoms with E-state index in [9.17, 15) is 14.7 Å². The molecule has 0 aliphatic carbocycles. The molecule has 0 spiro atoms. The van der Waals surface area contributed by atoms with Crippen LogP contribution in [0.5, 0.6) is 5.75 Å². The molecule has 1 saturated heterocycles. The molecule has 180 valence electrons. The number of β-amino-alcohol motifs (C(OH)–C–C–N with tert-alkyl or cyclic N) is 1. The van der Waals surface area contributed by atoms with E-state index in [0.717, 1.165) is 16.1 Å². The molecule has 2 aromatic rings. The van der Waals surface area contributed by atoms with Crippen LogP contribution >= 0.6 is 11.3 Å². The lowest BCUT2D eigenvalue weighted by molar-refractivity contribution is -0.144. The van der Waals surface area contributed by atoms with Crippen molar-refractivity contribution in [3.63, 3.8) is 0 Å². The summed E-state index contributed by atoms with van der Waals surface area (Å²) in [7, 11) is 0. The average Bonchev–Trinajstić information content (AvgIpc) is 3.35. The number of aromatic nitrogens is 1. The van der Waals surface area contributed by atoms with Crippen LogP contribution in [0.4, 0.5) is 0 Å². The quantitative estimate of drug-likeness (QED) is 0.533. The standard InChI is InChI=1S/C24H34N4O4S/c1-14(2)26-21(24(4,5)6)23(31)28-12-17(29)11-19(28)22(30)27-32-18-9-7-16(8-10-18)20-15(3)25-13-33-20/h7-10,13-14,17,19,21,26,29H,11-12H2,1-6H3,(H,27,30)/t17-,19+,21?/m1/s1. The lowest BCUT2D eigenvalue weighted by atomic mass is 9.85. The SMILES string of the molecule is Cc1ncsc1-c1ccc(ONC(=O)[C@@H]2C[C@@H](O)CN2C(=O)C(NC(C)C)C(C)(C)C)cc1. The van der Waals surface area contributed by atoms with Crippen molar-refractivity contribution in [2.75, 3.05) is 6.54 Å². The number of thiazole rings is 1. The van der Waals surface area contributed by atoms with Crippen molar-refractivity contribution < 1.29 is 19.5 Å². The summed E-state index contributed by atoms with van der Waals surface area (Å²) in [5.41, 5.74) is 5.89. The summed E-state index contributed by atoms with van der Waals surface area (Å²) in [4.78, 5) is 38.6. The molecule has 1 aromatic heterocycles. The molecule has 0 radical (unpaired) electrons. The summed E-state index contributed by atoms with van der Waals surface area (Å²) in [5.74, 6) is -0.184. The van der Waals surface area contributed by atoms with Gasteiger partial charge < -0.3 is 20.2 Å². The minimum Gasteiger partial charge on any atom is -0.391 e. The van der Waals surface area contributed by atoms with Crippen molar-refractivity contribution in [2.24, 2.45) is 5.41 Å². The Morgan fingerprint density at radius 3 is 2.45 bits per heavy atom. The highest BCUT2D eigenvalue weighted by Gasteiger charge is 2.44. The largest absolute Gasteiger partial charge is 0.391 e. The molecule has 3 rings (SSSR count). The normalized spacial score (nSPS) is 19.6. The molecule has 1 unspecified atom stereocenters. The Labute approximate surface area is 199 Å². The van der Waals surface area contributed by atoms with Crippen LogP contribution in [-0.4, -0.2) is 57.6 Å². The zero-order valence-electron chi connectivity index (χ0n) is 20.1. The van der Waals surface area contributed by atoms with Crippen molar-refractivity contribution in [2.45, 2.75) is 72.2 Å². The van der Waals surface area contributed by atoms with Gasteiger partial charge in [-0.15, -0.1) is 11.3 Å². The van der Waals surface area contributed by atoms with E-state index in [0.29, 0.717) is 5.75 Å². The molecule has 2 amide bonds. The molecule has 1 aliphatic heterocycles. The van der Waals surface area contributed by atoms with Crippen LogP contribution in [-0.2, 0) is 9.59 Å². The molecule has 8 nitrogen and oxygen atoms in total. The number of aryl methyl sites for hydroxylation is 1. The summed E-state index contributed by atoms with van der Waals surface area (Å²) < 4.78 is 0. The monoisotopic (exact) mass is 474 g/mol. The Hall–Kier alpha value is -2.49. The van der Waals surface area contributed by atoms with Crippen LogP contribution in [0.25, 0.3) is 10.4 Å². The third-order valence-corrected chi connectivity index (χ3v) is 6.59. The first-order valence-corrected chi connectivity index (χ1v) is 12.1. The molecule has 2 heterocycles. The number of rotatable bonds is 7. The number of hydroxylamine groups is 1. The van der Waals surface area contributed by atoms with Crippen LogP contribution in [0.15, 0.2) is 29.8 Å². The van der Waals surface area contributed by atoms with Gasteiger partial charge in [-0.25, -0.2) is 4.98 Å². The van der Waals surface area contributed by atoms with Gasteiger partial charge in [0.1, 0.15) is 6.04 Å². The summed E-state index contributed by atoms with van der Waals surface area (Å²) in [6, 6.07) is 6.16. The molecular formula is C24H34N4O4S. The topological polar surface area (TPSA) is 104 Å². The number of hydrogen-bond acceptors (Lipinski definition) is 7. The Kier molecular flexibility index (Phi) is 7.76. The smallest absolute Gasteiger partial charge is 0.275 e. The fourth-order valence-electron chi connectivity index (χ4n) is 3.93. The summed E-state index contributed by atoms with van der Waals surface area (Å²) in [6.45, 7) is 12.0. The highest BCUT2D eigenvalue weighted by atomic mass is 32.1. The second kappa shape index (κ2) is 10.2. The number of aliphatic hydroxyl groups excluding tert-OH is 1. The van der Waals surface area contributed by atoms with Crippen molar-refractivity contribution in [1.29, 1.82) is 0 Å². The predicted octanol–water partition coefficient (Wildman–Crippen LogP) is 2.90. The van der Waals surface area contributed by atoms with Gasteiger partial charge in [-0.2, -0.15) is 5.48 Å². The van der Waals surface area contributed by atoms with Gasteiger partial charge in [0.15, 0.2) is 5.75 Å². The summed E-state index contributed by atoms with van der Waals surface area (Å²) in [6.07, 6.45) is -0.588. The molecule has 1 fully saturated rings. The van der Waals surface area contributed by atoms with E-state index >= 15 is 0 Å².